The van der Waals surface area contributed by atoms with Gasteiger partial charge in [0, 0.05) is 37.8 Å². The number of benzene rings is 2. The van der Waals surface area contributed by atoms with Gasteiger partial charge >= 0.3 is 6.09 Å². The van der Waals surface area contributed by atoms with Gasteiger partial charge in [-0.25, -0.2) is 4.79 Å². The summed E-state index contributed by atoms with van der Waals surface area (Å²) in [5.74, 6) is -0.373. The average molecular weight is 479 g/mol. The number of carbonyl (C=O) groups is 3. The number of nitrogens with one attached hydrogen (secondary N) is 1. The van der Waals surface area contributed by atoms with E-state index in [2.05, 4.69) is 17.1 Å². The molecule has 2 unspecified atom stereocenters. The summed E-state index contributed by atoms with van der Waals surface area (Å²) < 4.78 is 5.82. The highest BCUT2D eigenvalue weighted by Crippen LogP contribution is 2.36. The fourth-order valence-electron chi connectivity index (χ4n) is 4.53. The zero-order valence-corrected chi connectivity index (χ0v) is 20.6. The van der Waals surface area contributed by atoms with Crippen LogP contribution < -0.4 is 5.32 Å². The summed E-state index contributed by atoms with van der Waals surface area (Å²) in [5, 5.41) is 2.89. The summed E-state index contributed by atoms with van der Waals surface area (Å²) in [7, 11) is 0. The maximum atomic E-state index is 13.8. The van der Waals surface area contributed by atoms with Crippen LogP contribution >= 0.6 is 0 Å². The lowest BCUT2D eigenvalue weighted by Gasteiger charge is -2.37. The van der Waals surface area contributed by atoms with Gasteiger partial charge in [-0.15, -0.1) is 0 Å². The Bertz CT molecular complexity index is 1050. The maximum Gasteiger partial charge on any atom is 0.411 e. The van der Waals surface area contributed by atoms with Crippen molar-refractivity contribution in [1.29, 1.82) is 0 Å². The third kappa shape index (κ3) is 5.65. The van der Waals surface area contributed by atoms with E-state index >= 15 is 0 Å². The second-order valence-corrected chi connectivity index (χ2v) is 9.39. The Labute approximate surface area is 206 Å². The molecule has 2 aromatic carbocycles. The molecule has 0 bridgehead atoms. The first-order valence-electron chi connectivity index (χ1n) is 12.3. The Morgan fingerprint density at radius 3 is 2.40 bits per heavy atom. The number of carbonyl (C=O) groups excluding carboxylic acids is 3. The van der Waals surface area contributed by atoms with Crippen molar-refractivity contribution in [3.8, 4) is 0 Å². The molecule has 2 atom stereocenters. The third-order valence-corrected chi connectivity index (χ3v) is 6.67. The van der Waals surface area contributed by atoms with Crippen LogP contribution in [-0.4, -0.2) is 71.4 Å². The number of likely N-dealkylation sites (N-methyl/N-ethyl adjacent to an activating group) is 1. The lowest BCUT2D eigenvalue weighted by atomic mass is 9.99. The molecular formula is C27H34N4O4. The molecule has 0 saturated carbocycles. The van der Waals surface area contributed by atoms with Crippen molar-refractivity contribution in [2.45, 2.75) is 39.5 Å². The summed E-state index contributed by atoms with van der Waals surface area (Å²) in [4.78, 5) is 44.8. The number of ether oxygens (including phenoxy) is 1. The Morgan fingerprint density at radius 1 is 1.03 bits per heavy atom. The molecule has 0 aliphatic carbocycles. The average Bonchev–Trinajstić information content (AvgIpc) is 3.20. The first-order chi connectivity index (χ1) is 16.9. The van der Waals surface area contributed by atoms with Gasteiger partial charge in [0.2, 0.25) is 11.8 Å². The van der Waals surface area contributed by atoms with Gasteiger partial charge in [-0.05, 0) is 29.8 Å². The van der Waals surface area contributed by atoms with Gasteiger partial charge in [0.15, 0.2) is 12.1 Å². The van der Waals surface area contributed by atoms with E-state index in [1.54, 1.807) is 18.2 Å². The minimum atomic E-state index is -0.785. The number of cyclic esters (lactones) is 1. The van der Waals surface area contributed by atoms with Crippen molar-refractivity contribution in [2.75, 3.05) is 38.0 Å². The number of rotatable bonds is 7. The smallest absolute Gasteiger partial charge is 0.411 e. The quantitative estimate of drug-likeness (QED) is 0.659. The van der Waals surface area contributed by atoms with Gasteiger partial charge in [-0.1, -0.05) is 63.2 Å². The highest BCUT2D eigenvalue weighted by molar-refractivity contribution is 5.92. The summed E-state index contributed by atoms with van der Waals surface area (Å²) in [6.07, 6.45) is -1.28. The Hall–Kier alpha value is -3.39. The first kappa shape index (κ1) is 24.7. The fraction of sp³-hybridized carbons (Fsp3) is 0.444. The van der Waals surface area contributed by atoms with Crippen LogP contribution in [0.4, 0.5) is 10.5 Å². The normalized spacial score (nSPS) is 20.7. The molecule has 0 spiro atoms. The molecule has 2 aliphatic rings. The van der Waals surface area contributed by atoms with E-state index in [4.69, 9.17) is 4.74 Å². The predicted molar refractivity (Wildman–Crippen MR) is 134 cm³/mol. The maximum absolute atomic E-state index is 13.8. The van der Waals surface area contributed by atoms with Gasteiger partial charge in [-0.2, -0.15) is 0 Å². The van der Waals surface area contributed by atoms with E-state index < -0.39 is 18.2 Å². The molecule has 1 N–H and O–H groups in total. The number of piperazine rings is 1. The molecule has 0 aromatic heterocycles. The summed E-state index contributed by atoms with van der Waals surface area (Å²) in [6, 6.07) is 16.1. The molecule has 35 heavy (non-hydrogen) atoms. The molecule has 2 fully saturated rings. The van der Waals surface area contributed by atoms with Crippen molar-refractivity contribution in [2.24, 2.45) is 5.92 Å². The molecule has 8 heteroatoms. The van der Waals surface area contributed by atoms with E-state index in [9.17, 15) is 14.4 Å². The van der Waals surface area contributed by atoms with Gasteiger partial charge in [0.05, 0.1) is 6.54 Å². The molecule has 4 rings (SSSR count). The lowest BCUT2D eigenvalue weighted by Crippen LogP contribution is -2.54. The van der Waals surface area contributed by atoms with Crippen molar-refractivity contribution in [1.82, 2.24) is 14.7 Å². The van der Waals surface area contributed by atoms with Crippen molar-refractivity contribution < 1.29 is 19.1 Å². The molecule has 2 heterocycles. The molecule has 3 amide bonds. The topological polar surface area (TPSA) is 82.2 Å². The monoisotopic (exact) mass is 478 g/mol. The number of hydrogen-bond donors (Lipinski definition) is 1. The van der Waals surface area contributed by atoms with Crippen molar-refractivity contribution in [3.63, 3.8) is 0 Å². The molecule has 2 aliphatic heterocycles. The predicted octanol–water partition coefficient (Wildman–Crippen LogP) is 3.51. The minimum Gasteiger partial charge on any atom is -0.438 e. The van der Waals surface area contributed by atoms with Crippen LogP contribution in [0.1, 0.15) is 38.0 Å². The largest absolute Gasteiger partial charge is 0.438 e. The van der Waals surface area contributed by atoms with E-state index in [-0.39, 0.29) is 24.3 Å². The molecule has 0 radical (unpaired) electrons. The van der Waals surface area contributed by atoms with Crippen LogP contribution in [0, 0.1) is 5.92 Å². The van der Waals surface area contributed by atoms with Crippen LogP contribution in [0.25, 0.3) is 0 Å². The number of hydrogen-bond acceptors (Lipinski definition) is 5. The van der Waals surface area contributed by atoms with Crippen molar-refractivity contribution in [3.05, 3.63) is 65.7 Å². The molecule has 186 valence electrons. The first-order valence-corrected chi connectivity index (χ1v) is 12.3. The summed E-state index contributed by atoms with van der Waals surface area (Å²) >= 11 is 0. The van der Waals surface area contributed by atoms with Crippen LogP contribution in [0.2, 0.25) is 0 Å². The summed E-state index contributed by atoms with van der Waals surface area (Å²) in [6.45, 7) is 9.85. The molecule has 8 nitrogen and oxygen atoms in total. The van der Waals surface area contributed by atoms with Crippen LogP contribution in [0.3, 0.4) is 0 Å². The SMILES string of the molecule is CCN1CCN(C(=O)C2C(c3cccc(NC(=O)C(C)C)c3)OC(=O)N2Cc2ccccc2)CC1. The number of nitrogens with zero attached hydrogens (tertiary/aromatic N) is 3. The molecule has 2 saturated heterocycles. The third-order valence-electron chi connectivity index (χ3n) is 6.67. The second-order valence-electron chi connectivity index (χ2n) is 9.39. The molecule has 2 aromatic rings. The van der Waals surface area contributed by atoms with Crippen LogP contribution in [0.5, 0.6) is 0 Å². The summed E-state index contributed by atoms with van der Waals surface area (Å²) in [5.41, 5.74) is 2.22. The van der Waals surface area contributed by atoms with Gasteiger partial charge < -0.3 is 19.9 Å². The van der Waals surface area contributed by atoms with E-state index in [0.717, 1.165) is 25.2 Å². The van der Waals surface area contributed by atoms with E-state index in [1.165, 1.54) is 4.90 Å². The standard InChI is InChI=1S/C27H34N4O4/c1-4-29-13-15-30(16-14-29)26(33)23-24(21-11-8-12-22(17-21)28-25(32)19(2)3)35-27(34)31(23)18-20-9-6-5-7-10-20/h5-12,17,19,23-24H,4,13-16,18H2,1-3H3,(H,28,32). The van der Waals surface area contributed by atoms with Crippen LogP contribution in [0.15, 0.2) is 54.6 Å². The highest BCUT2D eigenvalue weighted by Gasteiger charge is 2.48. The fourth-order valence-corrected chi connectivity index (χ4v) is 4.53. The lowest BCUT2D eigenvalue weighted by molar-refractivity contribution is -0.138. The zero-order chi connectivity index (χ0) is 24.9. The van der Waals surface area contributed by atoms with Crippen molar-refractivity contribution >= 4 is 23.6 Å². The van der Waals surface area contributed by atoms with Crippen LogP contribution in [-0.2, 0) is 20.9 Å². The van der Waals surface area contributed by atoms with E-state index in [1.807, 2.05) is 55.1 Å². The second kappa shape index (κ2) is 10.9. The number of anilines is 1. The van der Waals surface area contributed by atoms with Gasteiger partial charge in [0.25, 0.3) is 0 Å². The van der Waals surface area contributed by atoms with E-state index in [0.29, 0.717) is 24.3 Å². The minimum absolute atomic E-state index is 0.0994. The Morgan fingerprint density at radius 2 is 1.74 bits per heavy atom. The highest BCUT2D eigenvalue weighted by atomic mass is 16.6. The zero-order valence-electron chi connectivity index (χ0n) is 20.6. The van der Waals surface area contributed by atoms with Gasteiger partial charge in [0.1, 0.15) is 0 Å². The number of amides is 3. The van der Waals surface area contributed by atoms with Gasteiger partial charge in [-0.3, -0.25) is 14.5 Å². The molecular weight excluding hydrogens is 444 g/mol. The Kier molecular flexibility index (Phi) is 7.70. The Balaban J connectivity index is 1.63.